The standard InChI is InChI=1S/C15H22N2O/c1-11-5-6-14(12(2)8-11)15(18)10-17-7-3-4-13(16)9-17/h5-6,8,13H,3-4,7,9-10,16H2,1-2H3. The topological polar surface area (TPSA) is 46.3 Å². The smallest absolute Gasteiger partial charge is 0.177 e. The van der Waals surface area contributed by atoms with Crippen LogP contribution < -0.4 is 5.73 Å². The zero-order chi connectivity index (χ0) is 13.1. The van der Waals surface area contributed by atoms with Gasteiger partial charge in [-0.05, 0) is 38.8 Å². The maximum absolute atomic E-state index is 12.3. The summed E-state index contributed by atoms with van der Waals surface area (Å²) < 4.78 is 0. The fourth-order valence-corrected chi connectivity index (χ4v) is 2.65. The Labute approximate surface area is 109 Å². The molecule has 0 aromatic heterocycles. The molecule has 3 nitrogen and oxygen atoms in total. The first-order chi connectivity index (χ1) is 8.56. The molecule has 0 aliphatic carbocycles. The van der Waals surface area contributed by atoms with Gasteiger partial charge in [0.1, 0.15) is 0 Å². The highest BCUT2D eigenvalue weighted by atomic mass is 16.1. The predicted octanol–water partition coefficient (Wildman–Crippen LogP) is 1.91. The summed E-state index contributed by atoms with van der Waals surface area (Å²) in [4.78, 5) is 14.4. The van der Waals surface area contributed by atoms with Gasteiger partial charge in [-0.1, -0.05) is 23.8 Å². The molecule has 0 bridgehead atoms. The van der Waals surface area contributed by atoms with Crippen LogP contribution >= 0.6 is 0 Å². The summed E-state index contributed by atoms with van der Waals surface area (Å²) in [5, 5.41) is 0. The lowest BCUT2D eigenvalue weighted by Crippen LogP contribution is -2.44. The van der Waals surface area contributed by atoms with Gasteiger partial charge in [0.25, 0.3) is 0 Å². The van der Waals surface area contributed by atoms with Crippen LogP contribution in [0.4, 0.5) is 0 Å². The van der Waals surface area contributed by atoms with Gasteiger partial charge in [0, 0.05) is 18.2 Å². The average molecular weight is 246 g/mol. The molecule has 0 saturated carbocycles. The number of rotatable bonds is 3. The Morgan fingerprint density at radius 3 is 2.89 bits per heavy atom. The van der Waals surface area contributed by atoms with E-state index in [0.717, 1.165) is 37.1 Å². The van der Waals surface area contributed by atoms with E-state index in [-0.39, 0.29) is 11.8 Å². The van der Waals surface area contributed by atoms with Crippen LogP contribution in [0.2, 0.25) is 0 Å². The van der Waals surface area contributed by atoms with E-state index in [1.165, 1.54) is 5.56 Å². The lowest BCUT2D eigenvalue weighted by molar-refractivity contribution is 0.0907. The van der Waals surface area contributed by atoms with Crippen molar-refractivity contribution in [1.82, 2.24) is 4.90 Å². The number of hydrogen-bond acceptors (Lipinski definition) is 3. The number of Topliss-reactive ketones (excluding diaryl/α,β-unsaturated/α-hetero) is 1. The molecule has 1 aromatic carbocycles. The van der Waals surface area contributed by atoms with Crippen molar-refractivity contribution >= 4 is 5.78 Å². The highest BCUT2D eigenvalue weighted by molar-refractivity contribution is 5.99. The molecule has 1 unspecified atom stereocenters. The number of piperidine rings is 1. The number of nitrogens with zero attached hydrogens (tertiary/aromatic N) is 1. The Morgan fingerprint density at radius 2 is 2.22 bits per heavy atom. The van der Waals surface area contributed by atoms with Crippen molar-refractivity contribution in [3.8, 4) is 0 Å². The molecule has 1 aromatic rings. The van der Waals surface area contributed by atoms with Crippen molar-refractivity contribution in [2.24, 2.45) is 5.73 Å². The Morgan fingerprint density at radius 1 is 1.44 bits per heavy atom. The second-order valence-electron chi connectivity index (χ2n) is 5.38. The maximum atomic E-state index is 12.3. The highest BCUT2D eigenvalue weighted by Gasteiger charge is 2.20. The third kappa shape index (κ3) is 3.18. The normalized spacial score (nSPS) is 20.9. The van der Waals surface area contributed by atoms with E-state index < -0.39 is 0 Å². The number of carbonyl (C=O) groups excluding carboxylic acids is 1. The Hall–Kier alpha value is -1.19. The molecule has 1 aliphatic rings. The first-order valence-corrected chi connectivity index (χ1v) is 6.64. The van der Waals surface area contributed by atoms with Crippen LogP contribution in [0.5, 0.6) is 0 Å². The van der Waals surface area contributed by atoms with Crippen molar-refractivity contribution in [1.29, 1.82) is 0 Å². The number of ketones is 1. The molecular formula is C15H22N2O. The molecule has 1 fully saturated rings. The van der Waals surface area contributed by atoms with Crippen molar-refractivity contribution in [2.75, 3.05) is 19.6 Å². The molecule has 1 saturated heterocycles. The second kappa shape index (κ2) is 5.63. The van der Waals surface area contributed by atoms with E-state index >= 15 is 0 Å². The van der Waals surface area contributed by atoms with Gasteiger partial charge in [0.05, 0.1) is 6.54 Å². The number of aryl methyl sites for hydroxylation is 2. The van der Waals surface area contributed by atoms with E-state index in [1.54, 1.807) is 0 Å². The number of carbonyl (C=O) groups is 1. The van der Waals surface area contributed by atoms with Crippen molar-refractivity contribution in [3.63, 3.8) is 0 Å². The minimum atomic E-state index is 0.210. The fourth-order valence-electron chi connectivity index (χ4n) is 2.65. The molecule has 18 heavy (non-hydrogen) atoms. The lowest BCUT2D eigenvalue weighted by atomic mass is 10.0. The van der Waals surface area contributed by atoms with Gasteiger partial charge in [0.2, 0.25) is 0 Å². The van der Waals surface area contributed by atoms with Crippen LogP contribution in [0.3, 0.4) is 0 Å². The lowest BCUT2D eigenvalue weighted by Gasteiger charge is -2.30. The molecular weight excluding hydrogens is 224 g/mol. The van der Waals surface area contributed by atoms with Crippen molar-refractivity contribution < 1.29 is 4.79 Å². The summed E-state index contributed by atoms with van der Waals surface area (Å²) >= 11 is 0. The fraction of sp³-hybridized carbons (Fsp3) is 0.533. The quantitative estimate of drug-likeness (QED) is 0.829. The molecule has 2 rings (SSSR count). The van der Waals surface area contributed by atoms with Gasteiger partial charge in [0.15, 0.2) is 5.78 Å². The van der Waals surface area contributed by atoms with Crippen LogP contribution in [-0.4, -0.2) is 36.4 Å². The number of nitrogens with two attached hydrogens (primary N) is 1. The number of benzene rings is 1. The van der Waals surface area contributed by atoms with Crippen LogP contribution in [0, 0.1) is 13.8 Å². The van der Waals surface area contributed by atoms with Crippen LogP contribution in [0.25, 0.3) is 0 Å². The molecule has 1 aliphatic heterocycles. The SMILES string of the molecule is Cc1ccc(C(=O)CN2CCCC(N)C2)c(C)c1. The van der Waals surface area contributed by atoms with Crippen LogP contribution in [-0.2, 0) is 0 Å². The molecule has 98 valence electrons. The second-order valence-corrected chi connectivity index (χ2v) is 5.38. The summed E-state index contributed by atoms with van der Waals surface area (Å²) in [7, 11) is 0. The van der Waals surface area contributed by atoms with Crippen LogP contribution in [0.1, 0.15) is 34.3 Å². The van der Waals surface area contributed by atoms with Crippen LogP contribution in [0.15, 0.2) is 18.2 Å². The minimum Gasteiger partial charge on any atom is -0.327 e. The highest BCUT2D eigenvalue weighted by Crippen LogP contribution is 2.14. The first kappa shape index (κ1) is 13.2. The molecule has 1 heterocycles. The van der Waals surface area contributed by atoms with Gasteiger partial charge < -0.3 is 5.73 Å². The van der Waals surface area contributed by atoms with E-state index in [2.05, 4.69) is 11.0 Å². The predicted molar refractivity (Wildman–Crippen MR) is 73.9 cm³/mol. The van der Waals surface area contributed by atoms with Gasteiger partial charge in [-0.15, -0.1) is 0 Å². The monoisotopic (exact) mass is 246 g/mol. The average Bonchev–Trinajstić information content (AvgIpc) is 2.28. The summed E-state index contributed by atoms with van der Waals surface area (Å²) in [6.45, 7) is 6.38. The summed E-state index contributed by atoms with van der Waals surface area (Å²) in [6.07, 6.45) is 2.18. The summed E-state index contributed by atoms with van der Waals surface area (Å²) in [6, 6.07) is 6.24. The Kier molecular flexibility index (Phi) is 4.15. The van der Waals surface area contributed by atoms with Gasteiger partial charge in [-0.3, -0.25) is 9.69 Å². The summed E-state index contributed by atoms with van der Waals surface area (Å²) in [5.74, 6) is 0.210. The molecule has 0 amide bonds. The zero-order valence-electron chi connectivity index (χ0n) is 11.3. The van der Waals surface area contributed by atoms with Crippen molar-refractivity contribution in [2.45, 2.75) is 32.7 Å². The molecule has 3 heteroatoms. The molecule has 0 spiro atoms. The largest absolute Gasteiger partial charge is 0.327 e. The third-order valence-corrected chi connectivity index (χ3v) is 3.59. The maximum Gasteiger partial charge on any atom is 0.177 e. The van der Waals surface area contributed by atoms with Gasteiger partial charge in [-0.2, -0.15) is 0 Å². The minimum absolute atomic E-state index is 0.210. The molecule has 2 N–H and O–H groups in total. The van der Waals surface area contributed by atoms with Gasteiger partial charge >= 0.3 is 0 Å². The molecule has 0 radical (unpaired) electrons. The van der Waals surface area contributed by atoms with Gasteiger partial charge in [-0.25, -0.2) is 0 Å². The molecule has 1 atom stereocenters. The zero-order valence-corrected chi connectivity index (χ0v) is 11.3. The number of likely N-dealkylation sites (tertiary alicyclic amines) is 1. The van der Waals surface area contributed by atoms with E-state index in [0.29, 0.717) is 6.54 Å². The Bertz CT molecular complexity index is 442. The summed E-state index contributed by atoms with van der Waals surface area (Å²) in [5.41, 5.74) is 9.05. The third-order valence-electron chi connectivity index (χ3n) is 3.59. The Balaban J connectivity index is 2.03. The van der Waals surface area contributed by atoms with Crippen molar-refractivity contribution in [3.05, 3.63) is 34.9 Å². The van der Waals surface area contributed by atoms with E-state index in [1.807, 2.05) is 26.0 Å². The van der Waals surface area contributed by atoms with E-state index in [9.17, 15) is 4.79 Å². The van der Waals surface area contributed by atoms with E-state index in [4.69, 9.17) is 5.73 Å². The number of hydrogen-bond donors (Lipinski definition) is 1. The first-order valence-electron chi connectivity index (χ1n) is 6.64.